The molecule has 162 valence electrons. The molecule has 0 fully saturated rings. The van der Waals surface area contributed by atoms with Gasteiger partial charge in [-0.25, -0.2) is 9.78 Å². The van der Waals surface area contributed by atoms with Crippen LogP contribution >= 0.6 is 23.4 Å². The number of aromatic carboxylic acids is 1. The van der Waals surface area contributed by atoms with Gasteiger partial charge in [0.1, 0.15) is 5.69 Å². The van der Waals surface area contributed by atoms with Crippen molar-refractivity contribution in [2.75, 3.05) is 5.32 Å². The predicted octanol–water partition coefficient (Wildman–Crippen LogP) is 4.86. The standard InChI is InChI=1S/C21H15ClN4O5S/c1-11(19(27)23-14-10-12(20(28)29)6-7-13(14)22)32-21-24-17(15-4-2-8-30-15)18(25-26-21)16-5-3-9-31-16/h2-11H,1H3,(H,23,27)(H,28,29). The number of amides is 1. The second-order valence-electron chi connectivity index (χ2n) is 6.50. The summed E-state index contributed by atoms with van der Waals surface area (Å²) in [5, 5.41) is 19.9. The van der Waals surface area contributed by atoms with Crippen LogP contribution < -0.4 is 5.32 Å². The molecule has 1 amide bonds. The molecule has 4 rings (SSSR count). The van der Waals surface area contributed by atoms with Crippen LogP contribution in [-0.2, 0) is 4.79 Å². The lowest BCUT2D eigenvalue weighted by Gasteiger charge is -2.13. The molecule has 0 saturated heterocycles. The molecular formula is C21H15ClN4O5S. The van der Waals surface area contributed by atoms with Gasteiger partial charge >= 0.3 is 5.97 Å². The molecule has 0 aliphatic rings. The summed E-state index contributed by atoms with van der Waals surface area (Å²) in [4.78, 5) is 28.3. The predicted molar refractivity (Wildman–Crippen MR) is 118 cm³/mol. The van der Waals surface area contributed by atoms with Gasteiger partial charge in [-0.2, -0.15) is 0 Å². The van der Waals surface area contributed by atoms with Crippen molar-refractivity contribution in [3.8, 4) is 22.9 Å². The smallest absolute Gasteiger partial charge is 0.335 e. The van der Waals surface area contributed by atoms with Gasteiger partial charge in [-0.3, -0.25) is 4.79 Å². The highest BCUT2D eigenvalue weighted by Crippen LogP contribution is 2.31. The third kappa shape index (κ3) is 4.66. The van der Waals surface area contributed by atoms with E-state index in [2.05, 4.69) is 20.5 Å². The number of halogens is 1. The van der Waals surface area contributed by atoms with Crippen LogP contribution in [0.5, 0.6) is 0 Å². The molecule has 0 bridgehead atoms. The average Bonchev–Trinajstić information content (AvgIpc) is 3.49. The molecule has 32 heavy (non-hydrogen) atoms. The number of carboxylic acid groups (broad SMARTS) is 1. The minimum Gasteiger partial charge on any atom is -0.478 e. The van der Waals surface area contributed by atoms with Crippen molar-refractivity contribution in [3.63, 3.8) is 0 Å². The van der Waals surface area contributed by atoms with Gasteiger partial charge in [-0.1, -0.05) is 23.4 Å². The fourth-order valence-corrected chi connectivity index (χ4v) is 3.60. The molecule has 0 aliphatic heterocycles. The Kier molecular flexibility index (Phi) is 6.24. The van der Waals surface area contributed by atoms with Gasteiger partial charge in [-0.15, -0.1) is 10.2 Å². The van der Waals surface area contributed by atoms with Gasteiger partial charge in [0.05, 0.1) is 34.0 Å². The number of hydrogen-bond acceptors (Lipinski definition) is 8. The molecule has 4 aromatic rings. The Labute approximate surface area is 190 Å². The number of thioether (sulfide) groups is 1. The molecule has 0 aliphatic carbocycles. The van der Waals surface area contributed by atoms with Crippen molar-refractivity contribution in [1.29, 1.82) is 0 Å². The Balaban J connectivity index is 1.55. The number of rotatable bonds is 7. The number of carbonyl (C=O) groups is 2. The summed E-state index contributed by atoms with van der Waals surface area (Å²) >= 11 is 7.16. The first-order chi connectivity index (χ1) is 15.4. The van der Waals surface area contributed by atoms with Crippen molar-refractivity contribution >= 4 is 40.9 Å². The number of aromatic nitrogens is 3. The van der Waals surface area contributed by atoms with Gasteiger partial charge in [0, 0.05) is 0 Å². The Bertz CT molecular complexity index is 1260. The minimum atomic E-state index is -1.12. The van der Waals surface area contributed by atoms with Crippen LogP contribution in [0.15, 0.2) is 69.0 Å². The van der Waals surface area contributed by atoms with E-state index in [1.54, 1.807) is 31.2 Å². The van der Waals surface area contributed by atoms with E-state index < -0.39 is 17.1 Å². The van der Waals surface area contributed by atoms with Crippen molar-refractivity contribution < 1.29 is 23.5 Å². The van der Waals surface area contributed by atoms with Crippen molar-refractivity contribution in [2.45, 2.75) is 17.3 Å². The van der Waals surface area contributed by atoms with Crippen LogP contribution in [0.1, 0.15) is 17.3 Å². The molecular weight excluding hydrogens is 456 g/mol. The van der Waals surface area contributed by atoms with Gasteiger partial charge in [0.2, 0.25) is 11.1 Å². The lowest BCUT2D eigenvalue weighted by Crippen LogP contribution is -2.23. The summed E-state index contributed by atoms with van der Waals surface area (Å²) < 4.78 is 10.9. The fraction of sp³-hybridized carbons (Fsp3) is 0.0952. The minimum absolute atomic E-state index is 0.00847. The van der Waals surface area contributed by atoms with Crippen LogP contribution in [-0.4, -0.2) is 37.4 Å². The van der Waals surface area contributed by atoms with E-state index in [0.717, 1.165) is 11.8 Å². The molecule has 0 spiro atoms. The quantitative estimate of drug-likeness (QED) is 0.363. The Morgan fingerprint density at radius 2 is 1.75 bits per heavy atom. The normalized spacial score (nSPS) is 11.8. The third-order valence-electron chi connectivity index (χ3n) is 4.30. The zero-order valence-corrected chi connectivity index (χ0v) is 18.1. The summed E-state index contributed by atoms with van der Waals surface area (Å²) in [6, 6.07) is 11.0. The molecule has 1 aromatic carbocycles. The van der Waals surface area contributed by atoms with E-state index >= 15 is 0 Å². The van der Waals surface area contributed by atoms with E-state index in [1.807, 2.05) is 0 Å². The maximum absolute atomic E-state index is 12.7. The number of hydrogen-bond donors (Lipinski definition) is 2. The largest absolute Gasteiger partial charge is 0.478 e. The molecule has 11 heteroatoms. The van der Waals surface area contributed by atoms with Crippen molar-refractivity contribution in [2.24, 2.45) is 0 Å². The lowest BCUT2D eigenvalue weighted by atomic mass is 10.2. The van der Waals surface area contributed by atoms with Crippen LogP contribution in [0.25, 0.3) is 22.9 Å². The number of furan rings is 2. The second-order valence-corrected chi connectivity index (χ2v) is 8.21. The van der Waals surface area contributed by atoms with Gasteiger partial charge in [0.15, 0.2) is 17.2 Å². The first-order valence-electron chi connectivity index (χ1n) is 9.25. The first kappa shape index (κ1) is 21.6. The van der Waals surface area contributed by atoms with Gasteiger partial charge < -0.3 is 19.3 Å². The van der Waals surface area contributed by atoms with E-state index in [1.165, 1.54) is 30.7 Å². The summed E-state index contributed by atoms with van der Waals surface area (Å²) in [7, 11) is 0. The zero-order valence-electron chi connectivity index (χ0n) is 16.5. The summed E-state index contributed by atoms with van der Waals surface area (Å²) in [5.74, 6) is -0.576. The van der Waals surface area contributed by atoms with E-state index in [9.17, 15) is 9.59 Å². The van der Waals surface area contributed by atoms with Crippen LogP contribution in [0, 0.1) is 0 Å². The SMILES string of the molecule is CC(Sc1nnc(-c2ccco2)c(-c2ccco2)n1)C(=O)Nc1cc(C(=O)O)ccc1Cl. The maximum Gasteiger partial charge on any atom is 0.335 e. The Hall–Kier alpha value is -3.63. The van der Waals surface area contributed by atoms with E-state index in [0.29, 0.717) is 22.9 Å². The molecule has 1 unspecified atom stereocenters. The number of carbonyl (C=O) groups excluding carboxylic acids is 1. The Morgan fingerprint density at radius 3 is 2.38 bits per heavy atom. The first-order valence-corrected chi connectivity index (χ1v) is 10.5. The molecule has 9 nitrogen and oxygen atoms in total. The molecule has 0 saturated carbocycles. The lowest BCUT2D eigenvalue weighted by molar-refractivity contribution is -0.115. The van der Waals surface area contributed by atoms with Crippen molar-refractivity contribution in [3.05, 3.63) is 65.6 Å². The number of carboxylic acids is 1. The fourth-order valence-electron chi connectivity index (χ4n) is 2.73. The number of benzene rings is 1. The van der Waals surface area contributed by atoms with Gasteiger partial charge in [0.25, 0.3) is 0 Å². The number of nitrogens with one attached hydrogen (secondary N) is 1. The van der Waals surface area contributed by atoms with Gasteiger partial charge in [-0.05, 0) is 49.4 Å². The summed E-state index contributed by atoms with van der Waals surface area (Å²) in [5.41, 5.74) is 1.04. The Morgan fingerprint density at radius 1 is 1.06 bits per heavy atom. The molecule has 0 radical (unpaired) electrons. The van der Waals surface area contributed by atoms with E-state index in [4.69, 9.17) is 25.5 Å². The third-order valence-corrected chi connectivity index (χ3v) is 5.58. The summed E-state index contributed by atoms with van der Waals surface area (Å²) in [6.45, 7) is 1.66. The number of anilines is 1. The van der Waals surface area contributed by atoms with Crippen molar-refractivity contribution in [1.82, 2.24) is 15.2 Å². The highest BCUT2D eigenvalue weighted by molar-refractivity contribution is 8.00. The molecule has 3 heterocycles. The highest BCUT2D eigenvalue weighted by atomic mass is 35.5. The second kappa shape index (κ2) is 9.25. The highest BCUT2D eigenvalue weighted by Gasteiger charge is 2.22. The van der Waals surface area contributed by atoms with Crippen LogP contribution in [0.4, 0.5) is 5.69 Å². The molecule has 2 N–H and O–H groups in total. The monoisotopic (exact) mass is 470 g/mol. The zero-order chi connectivity index (χ0) is 22.7. The van der Waals surface area contributed by atoms with Crippen LogP contribution in [0.3, 0.4) is 0 Å². The molecule has 1 atom stereocenters. The topological polar surface area (TPSA) is 131 Å². The van der Waals surface area contributed by atoms with E-state index in [-0.39, 0.29) is 21.4 Å². The van der Waals surface area contributed by atoms with Crippen LogP contribution in [0.2, 0.25) is 5.02 Å². The maximum atomic E-state index is 12.7. The average molecular weight is 471 g/mol. The molecule has 3 aromatic heterocycles. The number of nitrogens with zero attached hydrogens (tertiary/aromatic N) is 3. The summed E-state index contributed by atoms with van der Waals surface area (Å²) in [6.07, 6.45) is 3.03.